The first-order valence-electron chi connectivity index (χ1n) is 10.3. The molecule has 0 unspecified atom stereocenters. The van der Waals surface area contributed by atoms with Crippen molar-refractivity contribution in [2.45, 2.75) is 45.1 Å². The molecule has 9 heteroatoms. The quantitative estimate of drug-likeness (QED) is 0.640. The van der Waals surface area contributed by atoms with Gasteiger partial charge in [-0.3, -0.25) is 9.59 Å². The molecule has 156 valence electrons. The van der Waals surface area contributed by atoms with Crippen molar-refractivity contribution >= 4 is 39.2 Å². The maximum atomic E-state index is 12.7. The van der Waals surface area contributed by atoms with Crippen molar-refractivity contribution in [3.8, 4) is 0 Å². The fourth-order valence-corrected chi connectivity index (χ4v) is 5.00. The van der Waals surface area contributed by atoms with Crippen molar-refractivity contribution in [2.75, 3.05) is 38.1 Å². The number of fused-ring (bicyclic) bond motifs is 1. The van der Waals surface area contributed by atoms with Crippen LogP contribution in [0.3, 0.4) is 0 Å². The number of likely N-dealkylation sites (tertiary alicyclic amines) is 1. The number of nitrogens with one attached hydrogen (secondary N) is 2. The van der Waals surface area contributed by atoms with Gasteiger partial charge >= 0.3 is 0 Å². The highest BCUT2D eigenvalue weighted by molar-refractivity contribution is 7.20. The molecule has 2 N–H and O–H groups in total. The Morgan fingerprint density at radius 1 is 1.38 bits per heavy atom. The molecule has 0 saturated carbocycles. The standard InChI is InChI=1S/C20H27N5O3S/c1-13-16-18(21-7-4-9-25-8-2-6-15(25)26)23-12-24-20(16)29-17(13)19(27)22-11-14-5-3-10-28-14/h12,14H,2-11H2,1H3,(H,22,27)(H,21,23,24)/t14-/m0/s1. The number of carbonyl (C=O) groups excluding carboxylic acids is 2. The smallest absolute Gasteiger partial charge is 0.261 e. The Balaban J connectivity index is 1.39. The van der Waals surface area contributed by atoms with Crippen LogP contribution in [0.1, 0.15) is 47.3 Å². The lowest BCUT2D eigenvalue weighted by Crippen LogP contribution is -2.31. The van der Waals surface area contributed by atoms with E-state index in [0.29, 0.717) is 24.4 Å². The molecule has 29 heavy (non-hydrogen) atoms. The number of carbonyl (C=O) groups is 2. The van der Waals surface area contributed by atoms with Crippen molar-refractivity contribution < 1.29 is 14.3 Å². The molecule has 2 aromatic heterocycles. The minimum atomic E-state index is -0.0838. The van der Waals surface area contributed by atoms with Gasteiger partial charge in [-0.05, 0) is 38.2 Å². The minimum absolute atomic E-state index is 0.0838. The van der Waals surface area contributed by atoms with Crippen molar-refractivity contribution in [2.24, 2.45) is 0 Å². The summed E-state index contributed by atoms with van der Waals surface area (Å²) < 4.78 is 5.58. The number of amides is 2. The zero-order valence-electron chi connectivity index (χ0n) is 16.7. The normalized spacial score (nSPS) is 19.3. The molecule has 1 atom stereocenters. The van der Waals surface area contributed by atoms with Crippen LogP contribution in [0.2, 0.25) is 0 Å². The summed E-state index contributed by atoms with van der Waals surface area (Å²) in [6.45, 7) is 5.60. The van der Waals surface area contributed by atoms with E-state index in [1.165, 1.54) is 17.7 Å². The third-order valence-electron chi connectivity index (χ3n) is 5.52. The molecule has 2 aromatic rings. The highest BCUT2D eigenvalue weighted by atomic mass is 32.1. The van der Waals surface area contributed by atoms with E-state index in [9.17, 15) is 9.59 Å². The molecule has 0 aliphatic carbocycles. The first-order chi connectivity index (χ1) is 14.1. The van der Waals surface area contributed by atoms with Gasteiger partial charge in [-0.15, -0.1) is 11.3 Å². The largest absolute Gasteiger partial charge is 0.376 e. The Morgan fingerprint density at radius 2 is 2.28 bits per heavy atom. The van der Waals surface area contributed by atoms with Crippen LogP contribution in [-0.4, -0.2) is 65.6 Å². The number of anilines is 1. The van der Waals surface area contributed by atoms with Crippen LogP contribution >= 0.6 is 11.3 Å². The average molecular weight is 418 g/mol. The van der Waals surface area contributed by atoms with Gasteiger partial charge in [-0.1, -0.05) is 0 Å². The van der Waals surface area contributed by atoms with Crippen LogP contribution in [0.15, 0.2) is 6.33 Å². The number of nitrogens with zero attached hydrogens (tertiary/aromatic N) is 3. The monoisotopic (exact) mass is 417 g/mol. The van der Waals surface area contributed by atoms with Crippen LogP contribution in [0.5, 0.6) is 0 Å². The lowest BCUT2D eigenvalue weighted by molar-refractivity contribution is -0.127. The molecule has 2 fully saturated rings. The Kier molecular flexibility index (Phi) is 6.25. The summed E-state index contributed by atoms with van der Waals surface area (Å²) in [5, 5.41) is 7.25. The number of thiophene rings is 1. The Hall–Kier alpha value is -2.26. The van der Waals surface area contributed by atoms with E-state index in [0.717, 1.165) is 67.0 Å². The highest BCUT2D eigenvalue weighted by Gasteiger charge is 2.22. The molecule has 4 rings (SSSR count). The summed E-state index contributed by atoms with van der Waals surface area (Å²) in [6, 6.07) is 0. The molecule has 0 bridgehead atoms. The van der Waals surface area contributed by atoms with Gasteiger partial charge in [0.2, 0.25) is 5.91 Å². The second kappa shape index (κ2) is 9.04. The number of aryl methyl sites for hydroxylation is 1. The third-order valence-corrected chi connectivity index (χ3v) is 6.71. The van der Waals surface area contributed by atoms with Gasteiger partial charge in [0.25, 0.3) is 5.91 Å². The van der Waals surface area contributed by atoms with Gasteiger partial charge in [-0.25, -0.2) is 9.97 Å². The van der Waals surface area contributed by atoms with Crippen LogP contribution in [-0.2, 0) is 9.53 Å². The second-order valence-corrected chi connectivity index (χ2v) is 8.57. The molecule has 0 spiro atoms. The van der Waals surface area contributed by atoms with Gasteiger partial charge in [0.1, 0.15) is 17.0 Å². The highest BCUT2D eigenvalue weighted by Crippen LogP contribution is 2.33. The van der Waals surface area contributed by atoms with Gasteiger partial charge in [0.05, 0.1) is 16.4 Å². The topological polar surface area (TPSA) is 96.4 Å². The number of aromatic nitrogens is 2. The van der Waals surface area contributed by atoms with Crippen molar-refractivity contribution in [1.82, 2.24) is 20.2 Å². The van der Waals surface area contributed by atoms with Gasteiger partial charge in [0, 0.05) is 39.2 Å². The number of hydrogen-bond acceptors (Lipinski definition) is 7. The van der Waals surface area contributed by atoms with E-state index >= 15 is 0 Å². The fraction of sp³-hybridized carbons (Fsp3) is 0.600. The van der Waals surface area contributed by atoms with Crippen molar-refractivity contribution in [3.63, 3.8) is 0 Å². The predicted molar refractivity (Wildman–Crippen MR) is 112 cm³/mol. The Morgan fingerprint density at radius 3 is 3.03 bits per heavy atom. The lowest BCUT2D eigenvalue weighted by atomic mass is 10.2. The van der Waals surface area contributed by atoms with Crippen LogP contribution in [0, 0.1) is 6.92 Å². The molecular weight excluding hydrogens is 390 g/mol. The zero-order valence-corrected chi connectivity index (χ0v) is 17.5. The number of hydrogen-bond donors (Lipinski definition) is 2. The van der Waals surface area contributed by atoms with Gasteiger partial charge in [-0.2, -0.15) is 0 Å². The Labute approximate surface area is 174 Å². The first-order valence-corrected chi connectivity index (χ1v) is 11.1. The SMILES string of the molecule is Cc1c(C(=O)NC[C@@H]2CCCO2)sc2ncnc(NCCCN3CCCC3=O)c12. The fourth-order valence-electron chi connectivity index (χ4n) is 3.93. The summed E-state index contributed by atoms with van der Waals surface area (Å²) in [6.07, 6.45) is 6.19. The van der Waals surface area contributed by atoms with Crippen LogP contribution in [0.4, 0.5) is 5.82 Å². The van der Waals surface area contributed by atoms with Crippen molar-refractivity contribution in [3.05, 3.63) is 16.8 Å². The van der Waals surface area contributed by atoms with E-state index in [2.05, 4.69) is 20.6 Å². The van der Waals surface area contributed by atoms with Gasteiger partial charge in [0.15, 0.2) is 0 Å². The minimum Gasteiger partial charge on any atom is -0.376 e. The summed E-state index contributed by atoms with van der Waals surface area (Å²) >= 11 is 1.39. The molecule has 0 radical (unpaired) electrons. The summed E-state index contributed by atoms with van der Waals surface area (Å²) in [5.41, 5.74) is 0.896. The molecule has 2 saturated heterocycles. The van der Waals surface area contributed by atoms with Crippen LogP contribution in [0.25, 0.3) is 10.2 Å². The molecule has 2 aliphatic heterocycles. The zero-order chi connectivity index (χ0) is 20.2. The van der Waals surface area contributed by atoms with E-state index in [4.69, 9.17) is 4.74 Å². The second-order valence-electron chi connectivity index (χ2n) is 7.57. The number of rotatable bonds is 8. The Bertz CT molecular complexity index is 894. The maximum Gasteiger partial charge on any atom is 0.261 e. The predicted octanol–water partition coefficient (Wildman–Crippen LogP) is 2.33. The van der Waals surface area contributed by atoms with E-state index in [-0.39, 0.29) is 17.9 Å². The van der Waals surface area contributed by atoms with E-state index < -0.39 is 0 Å². The van der Waals surface area contributed by atoms with Gasteiger partial charge < -0.3 is 20.3 Å². The molecule has 0 aromatic carbocycles. The van der Waals surface area contributed by atoms with Crippen LogP contribution < -0.4 is 10.6 Å². The third kappa shape index (κ3) is 4.51. The number of ether oxygens (including phenoxy) is 1. The molecular formula is C20H27N5O3S. The van der Waals surface area contributed by atoms with Crippen molar-refractivity contribution in [1.29, 1.82) is 0 Å². The molecule has 4 heterocycles. The van der Waals surface area contributed by atoms with E-state index in [1.54, 1.807) is 0 Å². The maximum absolute atomic E-state index is 12.7. The lowest BCUT2D eigenvalue weighted by Gasteiger charge is -2.15. The summed E-state index contributed by atoms with van der Waals surface area (Å²) in [5.74, 6) is 0.913. The summed E-state index contributed by atoms with van der Waals surface area (Å²) in [4.78, 5) is 36.5. The molecule has 2 amide bonds. The first kappa shape index (κ1) is 20.0. The molecule has 8 nitrogen and oxygen atoms in total. The molecule has 2 aliphatic rings. The summed E-state index contributed by atoms with van der Waals surface area (Å²) in [7, 11) is 0. The van der Waals surface area contributed by atoms with E-state index in [1.807, 2.05) is 11.8 Å². The average Bonchev–Trinajstić information content (AvgIpc) is 3.45.